The standard InChI is InChI=1S/C27H30ClN5O3S/c1-19-17-32(14-15-33(19)26(35)21-8-10-22(36-2)11-9-21)24-16-23(28)30-27(31-24)37-18-25(34)29-13-12-20-6-4-3-5-7-20/h3-11,16,19H,12-15,17-18H2,1-2H3,(H,29,34). The number of methoxy groups -OCH3 is 1. The molecule has 2 aromatic carbocycles. The molecule has 0 radical (unpaired) electrons. The third-order valence-electron chi connectivity index (χ3n) is 6.12. The molecule has 0 spiro atoms. The Morgan fingerprint density at radius 3 is 2.57 bits per heavy atom. The lowest BCUT2D eigenvalue weighted by Crippen LogP contribution is -2.54. The monoisotopic (exact) mass is 539 g/mol. The summed E-state index contributed by atoms with van der Waals surface area (Å²) in [5.41, 5.74) is 1.81. The van der Waals surface area contributed by atoms with Crippen molar-refractivity contribution in [2.75, 3.05) is 43.9 Å². The highest BCUT2D eigenvalue weighted by Gasteiger charge is 2.29. The van der Waals surface area contributed by atoms with E-state index in [1.807, 2.05) is 42.2 Å². The fourth-order valence-corrected chi connectivity index (χ4v) is 5.06. The molecule has 0 aliphatic carbocycles. The summed E-state index contributed by atoms with van der Waals surface area (Å²) >= 11 is 7.54. The first-order valence-electron chi connectivity index (χ1n) is 12.1. The number of nitrogens with one attached hydrogen (secondary N) is 1. The third-order valence-corrected chi connectivity index (χ3v) is 7.16. The van der Waals surface area contributed by atoms with Crippen molar-refractivity contribution in [3.63, 3.8) is 0 Å². The van der Waals surface area contributed by atoms with Gasteiger partial charge in [-0.05, 0) is 43.2 Å². The van der Waals surface area contributed by atoms with Crippen LogP contribution in [-0.2, 0) is 11.2 Å². The number of hydrogen-bond acceptors (Lipinski definition) is 7. The summed E-state index contributed by atoms with van der Waals surface area (Å²) < 4.78 is 5.18. The van der Waals surface area contributed by atoms with Gasteiger partial charge in [0, 0.05) is 43.9 Å². The van der Waals surface area contributed by atoms with E-state index in [-0.39, 0.29) is 23.6 Å². The fourth-order valence-electron chi connectivity index (χ4n) is 4.15. The molecule has 1 aromatic heterocycles. The molecule has 1 aliphatic rings. The second-order valence-electron chi connectivity index (χ2n) is 8.73. The SMILES string of the molecule is COc1ccc(C(=O)N2CCN(c3cc(Cl)nc(SCC(=O)NCCc4ccccc4)n3)CC2C)cc1. The van der Waals surface area contributed by atoms with Crippen LogP contribution in [0.2, 0.25) is 5.15 Å². The van der Waals surface area contributed by atoms with Crippen LogP contribution < -0.4 is 15.0 Å². The summed E-state index contributed by atoms with van der Waals surface area (Å²) in [6.45, 7) is 4.37. The molecule has 1 N–H and O–H groups in total. The van der Waals surface area contributed by atoms with Crippen LogP contribution in [0.5, 0.6) is 5.75 Å². The van der Waals surface area contributed by atoms with E-state index in [9.17, 15) is 9.59 Å². The number of aromatic nitrogens is 2. The van der Waals surface area contributed by atoms with Crippen LogP contribution >= 0.6 is 23.4 Å². The Morgan fingerprint density at radius 1 is 1.11 bits per heavy atom. The number of carbonyl (C=O) groups is 2. The van der Waals surface area contributed by atoms with Crippen molar-refractivity contribution in [3.8, 4) is 5.75 Å². The van der Waals surface area contributed by atoms with Gasteiger partial charge in [-0.2, -0.15) is 0 Å². The van der Waals surface area contributed by atoms with Crippen LogP contribution in [0.15, 0.2) is 65.8 Å². The maximum atomic E-state index is 13.0. The molecular weight excluding hydrogens is 510 g/mol. The summed E-state index contributed by atoms with van der Waals surface area (Å²) in [6, 6.07) is 18.9. The molecule has 10 heteroatoms. The smallest absolute Gasteiger partial charge is 0.254 e. The normalized spacial score (nSPS) is 15.4. The second-order valence-corrected chi connectivity index (χ2v) is 10.1. The summed E-state index contributed by atoms with van der Waals surface area (Å²) in [7, 11) is 1.60. The Labute approximate surface area is 226 Å². The van der Waals surface area contributed by atoms with Gasteiger partial charge in [-0.15, -0.1) is 0 Å². The van der Waals surface area contributed by atoms with Crippen LogP contribution in [0, 0.1) is 0 Å². The predicted octanol–water partition coefficient (Wildman–Crippen LogP) is 3.94. The average molecular weight is 540 g/mol. The Balaban J connectivity index is 1.30. The van der Waals surface area contributed by atoms with Gasteiger partial charge in [0.2, 0.25) is 5.91 Å². The molecule has 0 bridgehead atoms. The van der Waals surface area contributed by atoms with E-state index in [1.54, 1.807) is 37.4 Å². The summed E-state index contributed by atoms with van der Waals surface area (Å²) in [6.07, 6.45) is 0.778. The predicted molar refractivity (Wildman–Crippen MR) is 147 cm³/mol. The average Bonchev–Trinajstić information content (AvgIpc) is 2.92. The van der Waals surface area contributed by atoms with E-state index in [0.717, 1.165) is 6.42 Å². The Morgan fingerprint density at radius 2 is 1.86 bits per heavy atom. The number of amides is 2. The van der Waals surface area contributed by atoms with Crippen LogP contribution in [0.4, 0.5) is 5.82 Å². The highest BCUT2D eigenvalue weighted by Crippen LogP contribution is 2.25. The lowest BCUT2D eigenvalue weighted by Gasteiger charge is -2.40. The van der Waals surface area contributed by atoms with Gasteiger partial charge in [0.05, 0.1) is 12.9 Å². The molecule has 2 amide bonds. The molecule has 37 heavy (non-hydrogen) atoms. The maximum absolute atomic E-state index is 13.0. The van der Waals surface area contributed by atoms with Crippen LogP contribution in [0.25, 0.3) is 0 Å². The summed E-state index contributed by atoms with van der Waals surface area (Å²) in [5.74, 6) is 1.52. The molecule has 1 atom stereocenters. The number of hydrogen-bond donors (Lipinski definition) is 1. The number of ether oxygens (including phenoxy) is 1. The van der Waals surface area contributed by atoms with Crippen molar-refractivity contribution < 1.29 is 14.3 Å². The Kier molecular flexibility index (Phi) is 9.24. The largest absolute Gasteiger partial charge is 0.497 e. The second kappa shape index (κ2) is 12.8. The Hall–Kier alpha value is -3.30. The summed E-state index contributed by atoms with van der Waals surface area (Å²) in [4.78, 5) is 38.2. The zero-order valence-corrected chi connectivity index (χ0v) is 22.5. The number of rotatable bonds is 9. The van der Waals surface area contributed by atoms with Crippen LogP contribution in [-0.4, -0.2) is 71.8 Å². The highest BCUT2D eigenvalue weighted by molar-refractivity contribution is 7.99. The molecule has 2 heterocycles. The van der Waals surface area contributed by atoms with Gasteiger partial charge < -0.3 is 19.9 Å². The van der Waals surface area contributed by atoms with Gasteiger partial charge in [0.1, 0.15) is 16.7 Å². The number of halogens is 1. The first kappa shape index (κ1) is 26.8. The molecule has 1 unspecified atom stereocenters. The number of anilines is 1. The number of benzene rings is 2. The number of nitrogens with zero attached hydrogens (tertiary/aromatic N) is 4. The lowest BCUT2D eigenvalue weighted by atomic mass is 10.1. The quantitative estimate of drug-likeness (QED) is 0.250. The van der Waals surface area contributed by atoms with E-state index in [1.165, 1.54) is 17.3 Å². The van der Waals surface area contributed by atoms with Gasteiger partial charge in [0.15, 0.2) is 5.16 Å². The van der Waals surface area contributed by atoms with Gasteiger partial charge in [-0.1, -0.05) is 53.7 Å². The topological polar surface area (TPSA) is 87.7 Å². The summed E-state index contributed by atoms with van der Waals surface area (Å²) in [5, 5.41) is 3.70. The minimum atomic E-state index is -0.0784. The number of carbonyl (C=O) groups excluding carboxylic acids is 2. The zero-order valence-electron chi connectivity index (χ0n) is 20.9. The van der Waals surface area contributed by atoms with E-state index in [4.69, 9.17) is 16.3 Å². The van der Waals surface area contributed by atoms with Crippen LogP contribution in [0.1, 0.15) is 22.8 Å². The molecule has 194 valence electrons. The van der Waals surface area contributed by atoms with E-state index < -0.39 is 0 Å². The minimum Gasteiger partial charge on any atom is -0.497 e. The van der Waals surface area contributed by atoms with Crippen LogP contribution in [0.3, 0.4) is 0 Å². The van der Waals surface area contributed by atoms with E-state index >= 15 is 0 Å². The molecule has 1 aliphatic heterocycles. The van der Waals surface area contributed by atoms with Crippen molar-refractivity contribution in [1.82, 2.24) is 20.2 Å². The van der Waals surface area contributed by atoms with Gasteiger partial charge in [-0.3, -0.25) is 9.59 Å². The first-order valence-corrected chi connectivity index (χ1v) is 13.5. The van der Waals surface area contributed by atoms with Crippen molar-refractivity contribution >= 4 is 41.0 Å². The fraction of sp³-hybridized carbons (Fsp3) is 0.333. The van der Waals surface area contributed by atoms with E-state index in [2.05, 4.69) is 20.2 Å². The molecule has 4 rings (SSSR count). The van der Waals surface area contributed by atoms with Gasteiger partial charge in [0.25, 0.3) is 5.91 Å². The van der Waals surface area contributed by atoms with Gasteiger partial charge >= 0.3 is 0 Å². The highest BCUT2D eigenvalue weighted by atomic mass is 35.5. The minimum absolute atomic E-state index is 0.00922. The number of thioether (sulfide) groups is 1. The molecule has 8 nitrogen and oxygen atoms in total. The Bertz CT molecular complexity index is 1210. The maximum Gasteiger partial charge on any atom is 0.254 e. The molecule has 1 saturated heterocycles. The lowest BCUT2D eigenvalue weighted by molar-refractivity contribution is -0.118. The van der Waals surface area contributed by atoms with E-state index in [0.29, 0.717) is 53.6 Å². The van der Waals surface area contributed by atoms with Crippen molar-refractivity contribution in [2.45, 2.75) is 24.5 Å². The van der Waals surface area contributed by atoms with Crippen molar-refractivity contribution in [2.24, 2.45) is 0 Å². The van der Waals surface area contributed by atoms with Crippen molar-refractivity contribution in [1.29, 1.82) is 0 Å². The third kappa shape index (κ3) is 7.36. The molecule has 0 saturated carbocycles. The first-order chi connectivity index (χ1) is 17.9. The van der Waals surface area contributed by atoms with Crippen molar-refractivity contribution in [3.05, 3.63) is 76.9 Å². The zero-order chi connectivity index (χ0) is 26.2. The molecule has 1 fully saturated rings. The molecular formula is C27H30ClN5O3S. The number of piperazine rings is 1. The molecule has 3 aromatic rings. The van der Waals surface area contributed by atoms with Gasteiger partial charge in [-0.25, -0.2) is 9.97 Å².